The smallest absolute Gasteiger partial charge is 0.308 e. The van der Waals surface area contributed by atoms with Crippen molar-refractivity contribution in [3.63, 3.8) is 0 Å². The van der Waals surface area contributed by atoms with E-state index in [9.17, 15) is 9.59 Å². The lowest BCUT2D eigenvalue weighted by Crippen LogP contribution is -2.37. The van der Waals surface area contributed by atoms with Crippen LogP contribution in [-0.4, -0.2) is 46.6 Å². The summed E-state index contributed by atoms with van der Waals surface area (Å²) in [7, 11) is 1.60. The minimum Gasteiger partial charge on any atom is -0.497 e. The van der Waals surface area contributed by atoms with Crippen LogP contribution in [0, 0.1) is 5.92 Å². The van der Waals surface area contributed by atoms with E-state index in [0.29, 0.717) is 18.7 Å². The molecule has 2 unspecified atom stereocenters. The first-order valence-corrected chi connectivity index (χ1v) is 7.22. The fraction of sp³-hybridized carbons (Fsp3) is 0.375. The standard InChI is InChI=1S/C16H18N2O4/c1-9-12(16(20)21)5-6-18(9)15(19)14-8-10-7-11(22-2)3-4-13(10)17-14/h3-4,7-9,12,17H,5-6H2,1-2H3,(H,20,21). The Morgan fingerprint density at radius 3 is 2.77 bits per heavy atom. The maximum Gasteiger partial charge on any atom is 0.308 e. The van der Waals surface area contributed by atoms with E-state index in [1.165, 1.54) is 0 Å². The predicted molar refractivity (Wildman–Crippen MR) is 81.1 cm³/mol. The zero-order valence-corrected chi connectivity index (χ0v) is 12.5. The van der Waals surface area contributed by atoms with E-state index in [2.05, 4.69) is 4.98 Å². The molecule has 2 aromatic rings. The van der Waals surface area contributed by atoms with Crippen molar-refractivity contribution in [3.8, 4) is 5.75 Å². The lowest BCUT2D eigenvalue weighted by Gasteiger charge is -2.22. The maximum atomic E-state index is 12.6. The van der Waals surface area contributed by atoms with Crippen LogP contribution in [0.15, 0.2) is 24.3 Å². The summed E-state index contributed by atoms with van der Waals surface area (Å²) in [6.45, 7) is 2.25. The van der Waals surface area contributed by atoms with Gasteiger partial charge in [-0.2, -0.15) is 0 Å². The molecule has 6 heteroatoms. The minimum atomic E-state index is -0.843. The highest BCUT2D eigenvalue weighted by atomic mass is 16.5. The first-order chi connectivity index (χ1) is 10.5. The molecule has 3 rings (SSSR count). The van der Waals surface area contributed by atoms with Gasteiger partial charge in [-0.15, -0.1) is 0 Å². The number of carboxylic acid groups (broad SMARTS) is 1. The average Bonchev–Trinajstić information content (AvgIpc) is 3.08. The number of nitrogens with one attached hydrogen (secondary N) is 1. The second kappa shape index (κ2) is 5.36. The molecule has 1 aliphatic heterocycles. The molecule has 1 aromatic heterocycles. The van der Waals surface area contributed by atoms with Gasteiger partial charge in [0.1, 0.15) is 11.4 Å². The van der Waals surface area contributed by atoms with Crippen molar-refractivity contribution < 1.29 is 19.4 Å². The molecule has 1 aliphatic rings. The number of hydrogen-bond donors (Lipinski definition) is 2. The Labute approximate surface area is 127 Å². The number of fused-ring (bicyclic) bond motifs is 1. The normalized spacial score (nSPS) is 21.3. The van der Waals surface area contributed by atoms with Crippen molar-refractivity contribution in [1.82, 2.24) is 9.88 Å². The summed E-state index contributed by atoms with van der Waals surface area (Å²) in [6, 6.07) is 7.02. The topological polar surface area (TPSA) is 82.6 Å². The van der Waals surface area contributed by atoms with E-state index in [1.807, 2.05) is 18.2 Å². The van der Waals surface area contributed by atoms with Gasteiger partial charge in [-0.1, -0.05) is 0 Å². The number of aromatic nitrogens is 1. The first-order valence-electron chi connectivity index (χ1n) is 7.22. The number of carbonyl (C=O) groups is 2. The number of aliphatic carboxylic acids is 1. The molecule has 0 radical (unpaired) electrons. The van der Waals surface area contributed by atoms with Gasteiger partial charge in [-0.05, 0) is 37.6 Å². The van der Waals surface area contributed by atoms with E-state index in [4.69, 9.17) is 9.84 Å². The van der Waals surface area contributed by atoms with Crippen LogP contribution in [0.25, 0.3) is 10.9 Å². The number of nitrogens with zero attached hydrogens (tertiary/aromatic N) is 1. The number of methoxy groups -OCH3 is 1. The number of hydrogen-bond acceptors (Lipinski definition) is 3. The van der Waals surface area contributed by atoms with Crippen LogP contribution in [0.5, 0.6) is 5.75 Å². The number of aromatic amines is 1. The molecule has 2 N–H and O–H groups in total. The van der Waals surface area contributed by atoms with E-state index in [0.717, 1.165) is 16.7 Å². The summed E-state index contributed by atoms with van der Waals surface area (Å²) >= 11 is 0. The molecule has 1 aromatic carbocycles. The highest BCUT2D eigenvalue weighted by Crippen LogP contribution is 2.27. The Kier molecular flexibility index (Phi) is 3.52. The first kappa shape index (κ1) is 14.4. The molecular weight excluding hydrogens is 284 g/mol. The van der Waals surface area contributed by atoms with E-state index in [1.54, 1.807) is 25.0 Å². The molecule has 1 amide bonds. The Balaban J connectivity index is 1.88. The number of H-pyrrole nitrogens is 1. The molecule has 1 fully saturated rings. The summed E-state index contributed by atoms with van der Waals surface area (Å²) in [5.41, 5.74) is 1.33. The summed E-state index contributed by atoms with van der Waals surface area (Å²) in [4.78, 5) is 28.5. The van der Waals surface area contributed by atoms with Crippen molar-refractivity contribution in [3.05, 3.63) is 30.0 Å². The molecule has 6 nitrogen and oxygen atoms in total. The number of carboxylic acids is 1. The summed E-state index contributed by atoms with van der Waals surface area (Å²) in [5, 5.41) is 10.1. The van der Waals surface area contributed by atoms with Gasteiger partial charge in [0, 0.05) is 23.5 Å². The third-order valence-corrected chi connectivity index (χ3v) is 4.39. The Hall–Kier alpha value is -2.50. The molecule has 0 saturated carbocycles. The van der Waals surface area contributed by atoms with Gasteiger partial charge in [0.15, 0.2) is 0 Å². The summed E-state index contributed by atoms with van der Waals surface area (Å²) < 4.78 is 5.17. The fourth-order valence-electron chi connectivity index (χ4n) is 3.06. The molecule has 0 aliphatic carbocycles. The minimum absolute atomic E-state index is 0.161. The molecule has 0 bridgehead atoms. The van der Waals surface area contributed by atoms with Crippen LogP contribution in [0.2, 0.25) is 0 Å². The third-order valence-electron chi connectivity index (χ3n) is 4.39. The zero-order valence-electron chi connectivity index (χ0n) is 12.5. The average molecular weight is 302 g/mol. The van der Waals surface area contributed by atoms with Gasteiger partial charge in [0.25, 0.3) is 5.91 Å². The van der Waals surface area contributed by atoms with Crippen molar-refractivity contribution in [2.75, 3.05) is 13.7 Å². The molecule has 2 heterocycles. The van der Waals surface area contributed by atoms with Gasteiger partial charge in [-0.25, -0.2) is 0 Å². The van der Waals surface area contributed by atoms with Gasteiger partial charge < -0.3 is 19.7 Å². The Bertz CT molecular complexity index is 737. The molecule has 116 valence electrons. The summed E-state index contributed by atoms with van der Waals surface area (Å²) in [5.74, 6) is -0.769. The largest absolute Gasteiger partial charge is 0.497 e. The molecule has 0 spiro atoms. The van der Waals surface area contributed by atoms with Crippen molar-refractivity contribution in [1.29, 1.82) is 0 Å². The van der Waals surface area contributed by atoms with Gasteiger partial charge in [-0.3, -0.25) is 9.59 Å². The number of rotatable bonds is 3. The van der Waals surface area contributed by atoms with Crippen LogP contribution < -0.4 is 4.74 Å². The maximum absolute atomic E-state index is 12.6. The van der Waals surface area contributed by atoms with E-state index >= 15 is 0 Å². The van der Waals surface area contributed by atoms with Crippen molar-refractivity contribution in [2.45, 2.75) is 19.4 Å². The molecule has 22 heavy (non-hydrogen) atoms. The molecular formula is C16H18N2O4. The van der Waals surface area contributed by atoms with Gasteiger partial charge in [0.2, 0.25) is 0 Å². The number of amides is 1. The quantitative estimate of drug-likeness (QED) is 0.909. The lowest BCUT2D eigenvalue weighted by molar-refractivity contribution is -0.142. The van der Waals surface area contributed by atoms with Crippen molar-refractivity contribution in [2.24, 2.45) is 5.92 Å². The molecule has 1 saturated heterocycles. The van der Waals surface area contributed by atoms with Gasteiger partial charge >= 0.3 is 5.97 Å². The van der Waals surface area contributed by atoms with Crippen molar-refractivity contribution >= 4 is 22.8 Å². The lowest BCUT2D eigenvalue weighted by atomic mass is 10.0. The van der Waals surface area contributed by atoms with Crippen LogP contribution in [0.1, 0.15) is 23.8 Å². The molecule has 2 atom stereocenters. The third kappa shape index (κ3) is 2.30. The number of carbonyl (C=O) groups excluding carboxylic acids is 1. The number of likely N-dealkylation sites (tertiary alicyclic amines) is 1. The highest BCUT2D eigenvalue weighted by Gasteiger charge is 2.38. The Morgan fingerprint density at radius 1 is 1.36 bits per heavy atom. The predicted octanol–water partition coefficient (Wildman–Crippen LogP) is 2.11. The zero-order chi connectivity index (χ0) is 15.9. The van der Waals surface area contributed by atoms with E-state index < -0.39 is 11.9 Å². The SMILES string of the molecule is COc1ccc2[nH]c(C(=O)N3CCC(C(=O)O)C3C)cc2c1. The second-order valence-corrected chi connectivity index (χ2v) is 5.61. The highest BCUT2D eigenvalue weighted by molar-refractivity contribution is 5.98. The summed E-state index contributed by atoms with van der Waals surface area (Å²) in [6.07, 6.45) is 0.496. The van der Waals surface area contributed by atoms with Crippen LogP contribution >= 0.6 is 0 Å². The van der Waals surface area contributed by atoms with Gasteiger partial charge in [0.05, 0.1) is 13.0 Å². The van der Waals surface area contributed by atoms with Crippen LogP contribution in [0.4, 0.5) is 0 Å². The Morgan fingerprint density at radius 2 is 2.14 bits per heavy atom. The second-order valence-electron chi connectivity index (χ2n) is 5.61. The fourth-order valence-corrected chi connectivity index (χ4v) is 3.06. The monoisotopic (exact) mass is 302 g/mol. The number of benzene rings is 1. The van der Waals surface area contributed by atoms with Crippen LogP contribution in [-0.2, 0) is 4.79 Å². The van der Waals surface area contributed by atoms with Crippen LogP contribution in [0.3, 0.4) is 0 Å². The number of ether oxygens (including phenoxy) is 1. The van der Waals surface area contributed by atoms with E-state index in [-0.39, 0.29) is 11.9 Å².